The Morgan fingerprint density at radius 3 is 2.45 bits per heavy atom. The molecule has 3 rings (SSSR count). The second-order valence-electron chi connectivity index (χ2n) is 6.43. The zero-order valence-electron chi connectivity index (χ0n) is 16.3. The third kappa shape index (κ3) is 5.06. The van der Waals surface area contributed by atoms with Gasteiger partial charge in [-0.05, 0) is 54.4 Å². The zero-order valence-corrected chi connectivity index (χ0v) is 17.0. The predicted molar refractivity (Wildman–Crippen MR) is 115 cm³/mol. The van der Waals surface area contributed by atoms with Crippen molar-refractivity contribution >= 4 is 39.9 Å². The van der Waals surface area contributed by atoms with E-state index >= 15 is 0 Å². The maximum absolute atomic E-state index is 12.7. The molecule has 0 aromatic heterocycles. The molecule has 3 aromatic carbocycles. The molecule has 0 unspecified atom stereocenters. The molecule has 0 bridgehead atoms. The molecular weight excluding hydrogens is 390 g/mol. The minimum atomic E-state index is -0.683. The van der Waals surface area contributed by atoms with Crippen molar-refractivity contribution in [3.8, 4) is 5.75 Å². The average molecular weight is 412 g/mol. The van der Waals surface area contributed by atoms with Crippen molar-refractivity contribution in [2.75, 3.05) is 11.9 Å². The van der Waals surface area contributed by atoms with Crippen LogP contribution in [0.3, 0.4) is 0 Å². The van der Waals surface area contributed by atoms with E-state index in [0.717, 1.165) is 10.8 Å². The van der Waals surface area contributed by atoms with Crippen LogP contribution in [0.15, 0.2) is 60.7 Å². The summed E-state index contributed by atoms with van der Waals surface area (Å²) in [5.74, 6) is -0.153. The van der Waals surface area contributed by atoms with Gasteiger partial charge in [0.25, 0.3) is 5.91 Å². The topological polar surface area (TPSA) is 64.6 Å². The molecule has 1 atom stereocenters. The lowest BCUT2D eigenvalue weighted by molar-refractivity contribution is -0.122. The van der Waals surface area contributed by atoms with Crippen molar-refractivity contribution in [2.45, 2.75) is 26.4 Å². The summed E-state index contributed by atoms with van der Waals surface area (Å²) < 4.78 is 10.9. The minimum absolute atomic E-state index is 0.254. The van der Waals surface area contributed by atoms with E-state index in [1.165, 1.54) is 6.07 Å². The second-order valence-corrected chi connectivity index (χ2v) is 6.84. The number of hydrogen-bond acceptors (Lipinski definition) is 4. The highest BCUT2D eigenvalue weighted by Crippen LogP contribution is 2.25. The van der Waals surface area contributed by atoms with Gasteiger partial charge in [0.1, 0.15) is 5.75 Å². The Kier molecular flexibility index (Phi) is 6.73. The van der Waals surface area contributed by atoms with E-state index in [-0.39, 0.29) is 17.5 Å². The molecule has 0 aliphatic heterocycles. The van der Waals surface area contributed by atoms with Gasteiger partial charge in [-0.25, -0.2) is 4.79 Å². The number of fused-ring (bicyclic) bond motifs is 1. The first-order chi connectivity index (χ1) is 14.0. The summed E-state index contributed by atoms with van der Waals surface area (Å²) in [6.07, 6.45) is -0.200. The summed E-state index contributed by atoms with van der Waals surface area (Å²) >= 11 is 6.23. The summed E-state index contributed by atoms with van der Waals surface area (Å²) in [6, 6.07) is 18.3. The molecule has 0 fully saturated rings. The van der Waals surface area contributed by atoms with Crippen molar-refractivity contribution in [1.82, 2.24) is 0 Å². The first-order valence-corrected chi connectivity index (χ1v) is 9.82. The summed E-state index contributed by atoms with van der Waals surface area (Å²) in [6.45, 7) is 3.88. The number of anilines is 1. The van der Waals surface area contributed by atoms with Crippen LogP contribution in [0.1, 0.15) is 30.6 Å². The normalized spacial score (nSPS) is 11.7. The van der Waals surface area contributed by atoms with Crippen molar-refractivity contribution in [1.29, 1.82) is 0 Å². The first-order valence-electron chi connectivity index (χ1n) is 9.44. The molecule has 5 nitrogen and oxygen atoms in total. The largest absolute Gasteiger partial charge is 0.481 e. The predicted octanol–water partition coefficient (Wildman–Crippen LogP) is 5.47. The van der Waals surface area contributed by atoms with Crippen LogP contribution < -0.4 is 10.1 Å². The first kappa shape index (κ1) is 20.7. The van der Waals surface area contributed by atoms with E-state index in [1.54, 1.807) is 19.1 Å². The van der Waals surface area contributed by atoms with E-state index < -0.39 is 12.1 Å². The number of carbonyl (C=O) groups is 2. The van der Waals surface area contributed by atoms with Crippen LogP contribution in [0.5, 0.6) is 5.75 Å². The summed E-state index contributed by atoms with van der Waals surface area (Å²) in [4.78, 5) is 24.5. The Balaban J connectivity index is 1.71. The average Bonchev–Trinajstić information content (AvgIpc) is 2.73. The van der Waals surface area contributed by atoms with Gasteiger partial charge >= 0.3 is 5.97 Å². The monoisotopic (exact) mass is 411 g/mol. The van der Waals surface area contributed by atoms with Gasteiger partial charge in [-0.15, -0.1) is 0 Å². The van der Waals surface area contributed by atoms with Crippen LogP contribution in [0, 0.1) is 0 Å². The molecule has 0 saturated carbocycles. The van der Waals surface area contributed by atoms with E-state index in [2.05, 4.69) is 5.32 Å². The number of ether oxygens (including phenoxy) is 2. The van der Waals surface area contributed by atoms with Gasteiger partial charge in [0.15, 0.2) is 6.10 Å². The van der Waals surface area contributed by atoms with Crippen molar-refractivity contribution in [3.63, 3.8) is 0 Å². The molecule has 0 radical (unpaired) electrons. The molecular formula is C23H22ClNO4. The molecule has 6 heteroatoms. The molecule has 1 N–H and O–H groups in total. The van der Waals surface area contributed by atoms with Crippen LogP contribution in [0.4, 0.5) is 5.69 Å². The third-order valence-electron chi connectivity index (χ3n) is 4.40. The lowest BCUT2D eigenvalue weighted by Crippen LogP contribution is -2.32. The highest BCUT2D eigenvalue weighted by Gasteiger charge is 2.20. The number of nitrogens with one attached hydrogen (secondary N) is 1. The van der Waals surface area contributed by atoms with E-state index in [4.69, 9.17) is 21.1 Å². The molecule has 29 heavy (non-hydrogen) atoms. The fourth-order valence-corrected chi connectivity index (χ4v) is 3.13. The van der Waals surface area contributed by atoms with Gasteiger partial charge in [-0.3, -0.25) is 4.79 Å². The smallest absolute Gasteiger partial charge is 0.338 e. The van der Waals surface area contributed by atoms with Gasteiger partial charge in [-0.2, -0.15) is 0 Å². The van der Waals surface area contributed by atoms with Gasteiger partial charge in [0, 0.05) is 0 Å². The Morgan fingerprint density at radius 1 is 1.00 bits per heavy atom. The van der Waals surface area contributed by atoms with Gasteiger partial charge < -0.3 is 14.8 Å². The van der Waals surface area contributed by atoms with E-state index in [1.807, 2.05) is 49.4 Å². The van der Waals surface area contributed by atoms with Crippen LogP contribution in [-0.2, 0) is 9.53 Å². The zero-order chi connectivity index (χ0) is 20.8. The quantitative estimate of drug-likeness (QED) is 0.524. The Bertz CT molecular complexity index is 1030. The third-order valence-corrected chi connectivity index (χ3v) is 4.71. The minimum Gasteiger partial charge on any atom is -0.481 e. The van der Waals surface area contributed by atoms with Crippen LogP contribution in [0.25, 0.3) is 10.8 Å². The number of esters is 1. The standard InChI is InChI=1S/C23H22ClNO4/c1-3-21(29-18-11-9-15-7-5-6-8-16(15)13-18)22(26)25-20-12-10-17(14-19(20)24)23(27)28-4-2/h5-14,21H,3-4H2,1-2H3,(H,25,26)/t21-/m1/s1. The highest BCUT2D eigenvalue weighted by atomic mass is 35.5. The van der Waals surface area contributed by atoms with Crippen molar-refractivity contribution in [2.24, 2.45) is 0 Å². The molecule has 0 aliphatic rings. The Hall–Kier alpha value is -3.05. The second kappa shape index (κ2) is 9.43. The molecule has 150 valence electrons. The number of rotatable bonds is 7. The fraction of sp³-hybridized carbons (Fsp3) is 0.217. The Labute approximate surface area is 174 Å². The van der Waals surface area contributed by atoms with Gasteiger partial charge in [0.05, 0.1) is 22.9 Å². The maximum atomic E-state index is 12.7. The molecule has 1 amide bonds. The van der Waals surface area contributed by atoms with Gasteiger partial charge in [0.2, 0.25) is 0 Å². The molecule has 3 aromatic rings. The summed E-state index contributed by atoms with van der Waals surface area (Å²) in [7, 11) is 0. The molecule has 0 saturated heterocycles. The molecule has 0 heterocycles. The van der Waals surface area contributed by atoms with Crippen LogP contribution >= 0.6 is 11.6 Å². The number of carbonyl (C=O) groups excluding carboxylic acids is 2. The molecule has 0 spiro atoms. The van der Waals surface area contributed by atoms with Crippen LogP contribution in [0.2, 0.25) is 5.02 Å². The number of halogens is 1. The number of amides is 1. The van der Waals surface area contributed by atoms with Crippen LogP contribution in [-0.4, -0.2) is 24.6 Å². The summed E-state index contributed by atoms with van der Waals surface area (Å²) in [5, 5.41) is 5.17. The van der Waals surface area contributed by atoms with E-state index in [0.29, 0.717) is 23.4 Å². The molecule has 0 aliphatic carbocycles. The summed E-state index contributed by atoms with van der Waals surface area (Å²) in [5.41, 5.74) is 0.736. The van der Waals surface area contributed by atoms with Gasteiger partial charge in [-0.1, -0.05) is 48.9 Å². The van der Waals surface area contributed by atoms with Crippen molar-refractivity contribution < 1.29 is 19.1 Å². The SMILES string of the molecule is CCOC(=O)c1ccc(NC(=O)[C@@H](CC)Oc2ccc3ccccc3c2)c(Cl)c1. The lowest BCUT2D eigenvalue weighted by atomic mass is 10.1. The van der Waals surface area contributed by atoms with E-state index in [9.17, 15) is 9.59 Å². The lowest BCUT2D eigenvalue weighted by Gasteiger charge is -2.18. The Morgan fingerprint density at radius 2 is 1.76 bits per heavy atom. The highest BCUT2D eigenvalue weighted by molar-refractivity contribution is 6.34. The van der Waals surface area contributed by atoms with Crippen molar-refractivity contribution in [3.05, 3.63) is 71.2 Å². The maximum Gasteiger partial charge on any atom is 0.338 e. The number of hydrogen-bond donors (Lipinski definition) is 1. The number of benzene rings is 3. The fourth-order valence-electron chi connectivity index (χ4n) is 2.90.